The molecule has 1 aliphatic heterocycles. The number of hydrogen-bond acceptors (Lipinski definition) is 5. The molecule has 0 bridgehead atoms. The number of nitrogens with zero attached hydrogens (tertiary/aromatic N) is 2. The van der Waals surface area contributed by atoms with E-state index in [2.05, 4.69) is 25.7 Å². The second kappa shape index (κ2) is 7.88. The topological polar surface area (TPSA) is 107 Å². The highest BCUT2D eigenvalue weighted by Crippen LogP contribution is 2.25. The molecule has 8 nitrogen and oxygen atoms in total. The molecule has 0 saturated carbocycles. The molecule has 2 heterocycles. The molecular formula is C17H23N5O3S. The summed E-state index contributed by atoms with van der Waals surface area (Å²) in [6.07, 6.45) is 4.62. The molecule has 0 atom stereocenters. The third-order valence-corrected chi connectivity index (χ3v) is 6.83. The fourth-order valence-electron chi connectivity index (χ4n) is 2.95. The summed E-state index contributed by atoms with van der Waals surface area (Å²) in [5, 5.41) is 11.5. The maximum absolute atomic E-state index is 12.7. The molecule has 1 saturated heterocycles. The minimum atomic E-state index is -3.34. The average molecular weight is 377 g/mol. The Kier molecular flexibility index (Phi) is 5.58. The number of urea groups is 1. The number of nitrogens with one attached hydrogen (secondary N) is 3. The third kappa shape index (κ3) is 4.41. The Labute approximate surface area is 152 Å². The van der Waals surface area contributed by atoms with Crippen molar-refractivity contribution in [1.82, 2.24) is 20.4 Å². The van der Waals surface area contributed by atoms with Gasteiger partial charge >= 0.3 is 6.03 Å². The van der Waals surface area contributed by atoms with E-state index in [-0.39, 0.29) is 11.3 Å². The van der Waals surface area contributed by atoms with E-state index in [1.807, 2.05) is 7.05 Å². The Morgan fingerprint density at radius 3 is 2.58 bits per heavy atom. The Balaban J connectivity index is 1.58. The van der Waals surface area contributed by atoms with Crippen LogP contribution < -0.4 is 10.6 Å². The summed E-state index contributed by atoms with van der Waals surface area (Å²) >= 11 is 0. The van der Waals surface area contributed by atoms with Gasteiger partial charge in [-0.25, -0.2) is 13.2 Å². The first-order chi connectivity index (χ1) is 12.4. The van der Waals surface area contributed by atoms with Gasteiger partial charge in [0.15, 0.2) is 9.84 Å². The number of amides is 2. The minimum Gasteiger partial charge on any atom is -0.334 e. The number of carbonyl (C=O) groups excluding carboxylic acids is 1. The Bertz CT molecular complexity index is 826. The first-order valence-corrected chi connectivity index (χ1v) is 10.0. The van der Waals surface area contributed by atoms with Crippen molar-refractivity contribution >= 4 is 21.6 Å². The number of piperidine rings is 1. The number of rotatable bonds is 5. The average Bonchev–Trinajstić information content (AvgIpc) is 3.14. The zero-order chi connectivity index (χ0) is 18.6. The number of carbonyl (C=O) groups is 1. The lowest BCUT2D eigenvalue weighted by molar-refractivity contribution is 0.251. The molecule has 1 fully saturated rings. The quantitative estimate of drug-likeness (QED) is 0.734. The number of aromatic nitrogens is 2. The lowest BCUT2D eigenvalue weighted by Gasteiger charge is -2.28. The largest absolute Gasteiger partial charge is 0.334 e. The summed E-state index contributed by atoms with van der Waals surface area (Å²) in [7, 11) is -1.34. The predicted octanol–water partition coefficient (Wildman–Crippen LogP) is 1.60. The number of anilines is 1. The molecule has 26 heavy (non-hydrogen) atoms. The van der Waals surface area contributed by atoms with Gasteiger partial charge in [0, 0.05) is 24.0 Å². The van der Waals surface area contributed by atoms with Crippen molar-refractivity contribution in [2.75, 3.05) is 25.5 Å². The summed E-state index contributed by atoms with van der Waals surface area (Å²) in [4.78, 5) is 14.3. The van der Waals surface area contributed by atoms with Gasteiger partial charge in [0.05, 0.1) is 16.3 Å². The Hall–Kier alpha value is -2.39. The fourth-order valence-corrected chi connectivity index (χ4v) is 4.68. The third-order valence-electron chi connectivity index (χ3n) is 4.55. The van der Waals surface area contributed by atoms with Gasteiger partial charge in [0.1, 0.15) is 0 Å². The molecule has 0 spiro atoms. The van der Waals surface area contributed by atoms with Gasteiger partial charge in [0.25, 0.3) is 0 Å². The lowest BCUT2D eigenvalue weighted by Crippen LogP contribution is -2.37. The van der Waals surface area contributed by atoms with E-state index in [1.165, 1.54) is 0 Å². The zero-order valence-corrected chi connectivity index (χ0v) is 15.4. The van der Waals surface area contributed by atoms with Crippen molar-refractivity contribution in [2.24, 2.45) is 0 Å². The lowest BCUT2D eigenvalue weighted by atomic mass is 10.1. The number of likely N-dealkylation sites (tertiary alicyclic amines) is 1. The maximum Gasteiger partial charge on any atom is 0.319 e. The standard InChI is InChI=1S/C17H23N5O3S/c1-22-8-6-16(7-9-22)26(24,25)15-4-2-14(3-5-15)21-17(23)18-10-13-11-19-20-12-13/h2-5,11-12,16H,6-10H2,1H3,(H,19,20)(H2,18,21,23). The van der Waals surface area contributed by atoms with Gasteiger partial charge in [-0.1, -0.05) is 0 Å². The summed E-state index contributed by atoms with van der Waals surface area (Å²) in [5.41, 5.74) is 1.40. The molecule has 0 unspecified atom stereocenters. The van der Waals surface area contributed by atoms with Gasteiger partial charge < -0.3 is 15.5 Å². The summed E-state index contributed by atoms with van der Waals surface area (Å²) in [6.45, 7) is 1.94. The highest BCUT2D eigenvalue weighted by Gasteiger charge is 2.30. The van der Waals surface area contributed by atoms with Crippen molar-refractivity contribution in [2.45, 2.75) is 29.5 Å². The normalized spacial score (nSPS) is 16.3. The molecule has 0 aliphatic carbocycles. The summed E-state index contributed by atoms with van der Waals surface area (Å²) < 4.78 is 25.5. The minimum absolute atomic E-state index is 0.302. The van der Waals surface area contributed by atoms with Gasteiger partial charge in [-0.3, -0.25) is 5.10 Å². The predicted molar refractivity (Wildman–Crippen MR) is 98.6 cm³/mol. The second-order valence-corrected chi connectivity index (χ2v) is 8.71. The van der Waals surface area contributed by atoms with Crippen LogP contribution in [0.25, 0.3) is 0 Å². The van der Waals surface area contributed by atoms with Gasteiger partial charge in [-0.05, 0) is 57.2 Å². The van der Waals surface area contributed by atoms with Crippen LogP contribution in [0.4, 0.5) is 10.5 Å². The van der Waals surface area contributed by atoms with Crippen molar-refractivity contribution < 1.29 is 13.2 Å². The van der Waals surface area contributed by atoms with Crippen molar-refractivity contribution in [1.29, 1.82) is 0 Å². The van der Waals surface area contributed by atoms with Crippen LogP contribution in [0.5, 0.6) is 0 Å². The SMILES string of the molecule is CN1CCC(S(=O)(=O)c2ccc(NC(=O)NCc3cn[nH]c3)cc2)CC1. The Morgan fingerprint density at radius 1 is 1.27 bits per heavy atom. The molecule has 2 amide bonds. The Morgan fingerprint density at radius 2 is 1.96 bits per heavy atom. The fraction of sp³-hybridized carbons (Fsp3) is 0.412. The van der Waals surface area contributed by atoms with E-state index in [0.717, 1.165) is 18.7 Å². The molecule has 2 aromatic rings. The van der Waals surface area contributed by atoms with E-state index in [0.29, 0.717) is 30.0 Å². The van der Waals surface area contributed by atoms with Crippen LogP contribution in [0.1, 0.15) is 18.4 Å². The van der Waals surface area contributed by atoms with Crippen molar-refractivity contribution in [3.8, 4) is 0 Å². The van der Waals surface area contributed by atoms with Crippen LogP contribution in [0.15, 0.2) is 41.6 Å². The van der Waals surface area contributed by atoms with E-state index >= 15 is 0 Å². The second-order valence-electron chi connectivity index (χ2n) is 6.49. The van der Waals surface area contributed by atoms with Gasteiger partial charge in [-0.15, -0.1) is 0 Å². The first-order valence-electron chi connectivity index (χ1n) is 8.50. The zero-order valence-electron chi connectivity index (χ0n) is 14.6. The molecule has 0 radical (unpaired) electrons. The molecule has 3 N–H and O–H groups in total. The number of sulfone groups is 1. The van der Waals surface area contributed by atoms with Crippen LogP contribution in [0.2, 0.25) is 0 Å². The number of hydrogen-bond donors (Lipinski definition) is 3. The van der Waals surface area contributed by atoms with Gasteiger partial charge in [0.2, 0.25) is 0 Å². The van der Waals surface area contributed by atoms with Crippen LogP contribution in [-0.4, -0.2) is 54.9 Å². The molecule has 9 heteroatoms. The maximum atomic E-state index is 12.7. The highest BCUT2D eigenvalue weighted by molar-refractivity contribution is 7.92. The van der Waals surface area contributed by atoms with Crippen LogP contribution >= 0.6 is 0 Å². The molecule has 140 valence electrons. The first kappa shape index (κ1) is 18.4. The van der Waals surface area contributed by atoms with Crippen LogP contribution in [-0.2, 0) is 16.4 Å². The van der Waals surface area contributed by atoms with E-state index < -0.39 is 9.84 Å². The number of H-pyrrole nitrogens is 1. The molecule has 1 aromatic carbocycles. The highest BCUT2D eigenvalue weighted by atomic mass is 32.2. The molecular weight excluding hydrogens is 354 g/mol. The van der Waals surface area contributed by atoms with Crippen molar-refractivity contribution in [3.63, 3.8) is 0 Å². The van der Waals surface area contributed by atoms with Crippen LogP contribution in [0.3, 0.4) is 0 Å². The monoisotopic (exact) mass is 377 g/mol. The summed E-state index contributed by atoms with van der Waals surface area (Å²) in [5.74, 6) is 0. The molecule has 1 aliphatic rings. The van der Waals surface area contributed by atoms with Gasteiger partial charge in [-0.2, -0.15) is 5.10 Å². The van der Waals surface area contributed by atoms with E-state index in [1.54, 1.807) is 36.7 Å². The van der Waals surface area contributed by atoms with Crippen LogP contribution in [0, 0.1) is 0 Å². The van der Waals surface area contributed by atoms with E-state index in [4.69, 9.17) is 0 Å². The molecule has 3 rings (SSSR count). The molecule has 1 aromatic heterocycles. The summed E-state index contributed by atoms with van der Waals surface area (Å²) in [6, 6.07) is 5.97. The van der Waals surface area contributed by atoms with E-state index in [9.17, 15) is 13.2 Å². The smallest absolute Gasteiger partial charge is 0.319 e. The van der Waals surface area contributed by atoms with Crippen molar-refractivity contribution in [3.05, 3.63) is 42.2 Å². The number of aromatic amines is 1. The number of benzene rings is 1.